The topological polar surface area (TPSA) is 0 Å². The Morgan fingerprint density at radius 1 is 0.500 bits per heavy atom. The van der Waals surface area contributed by atoms with E-state index in [-0.39, 0.29) is 0 Å². The van der Waals surface area contributed by atoms with E-state index in [4.69, 9.17) is 0 Å². The molecule has 0 N–H and O–H groups in total. The van der Waals surface area contributed by atoms with Gasteiger partial charge in [0.1, 0.15) is 0 Å². The van der Waals surface area contributed by atoms with E-state index in [9.17, 15) is 0 Å². The standard InChI is InChI=1S/C20H16Br2/c21-13-15-4-8-17(9-5-15)19-2-1-3-20(12-19)18-10-6-16(14-22)7-11-18/h1-12H,13-14H2. The molecule has 3 rings (SSSR count). The minimum atomic E-state index is 0.896. The van der Waals surface area contributed by atoms with Gasteiger partial charge in [-0.3, -0.25) is 0 Å². The van der Waals surface area contributed by atoms with Crippen LogP contribution in [-0.4, -0.2) is 0 Å². The van der Waals surface area contributed by atoms with Gasteiger partial charge in [0.15, 0.2) is 0 Å². The third-order valence-corrected chi connectivity index (χ3v) is 5.04. The molecule has 0 radical (unpaired) electrons. The normalized spacial score (nSPS) is 10.6. The lowest BCUT2D eigenvalue weighted by atomic mass is 9.98. The molecule has 110 valence electrons. The fourth-order valence-electron chi connectivity index (χ4n) is 2.45. The molecule has 0 aliphatic rings. The van der Waals surface area contributed by atoms with E-state index in [2.05, 4.69) is 105 Å². The highest BCUT2D eigenvalue weighted by Gasteiger charge is 2.02. The van der Waals surface area contributed by atoms with E-state index in [1.165, 1.54) is 33.4 Å². The van der Waals surface area contributed by atoms with Crippen molar-refractivity contribution in [2.24, 2.45) is 0 Å². The molecule has 3 aromatic rings. The molecule has 0 amide bonds. The summed E-state index contributed by atoms with van der Waals surface area (Å²) in [5.74, 6) is 0. The zero-order chi connectivity index (χ0) is 15.4. The van der Waals surface area contributed by atoms with Crippen LogP contribution in [0.3, 0.4) is 0 Å². The van der Waals surface area contributed by atoms with Gasteiger partial charge >= 0.3 is 0 Å². The van der Waals surface area contributed by atoms with Crippen molar-refractivity contribution in [3.8, 4) is 22.3 Å². The zero-order valence-corrected chi connectivity index (χ0v) is 15.3. The van der Waals surface area contributed by atoms with Crippen LogP contribution in [0.2, 0.25) is 0 Å². The molecule has 0 aliphatic carbocycles. The number of hydrogen-bond donors (Lipinski definition) is 0. The van der Waals surface area contributed by atoms with Gasteiger partial charge in [0.2, 0.25) is 0 Å². The monoisotopic (exact) mass is 414 g/mol. The van der Waals surface area contributed by atoms with Crippen LogP contribution in [0, 0.1) is 0 Å². The minimum absolute atomic E-state index is 0.896. The summed E-state index contributed by atoms with van der Waals surface area (Å²) >= 11 is 6.98. The Hall–Kier alpha value is -1.38. The highest BCUT2D eigenvalue weighted by atomic mass is 79.9. The van der Waals surface area contributed by atoms with Gasteiger partial charge in [-0.15, -0.1) is 0 Å². The lowest BCUT2D eigenvalue weighted by Gasteiger charge is -2.07. The molecule has 0 bridgehead atoms. The summed E-state index contributed by atoms with van der Waals surface area (Å²) in [5, 5.41) is 1.79. The van der Waals surface area contributed by atoms with E-state index in [0.29, 0.717) is 0 Å². The Bertz CT molecular complexity index is 681. The first-order valence-electron chi connectivity index (χ1n) is 7.21. The summed E-state index contributed by atoms with van der Waals surface area (Å²) in [6.07, 6.45) is 0. The summed E-state index contributed by atoms with van der Waals surface area (Å²) in [6.45, 7) is 0. The summed E-state index contributed by atoms with van der Waals surface area (Å²) in [5.41, 5.74) is 7.61. The van der Waals surface area contributed by atoms with Gasteiger partial charge in [-0.25, -0.2) is 0 Å². The SMILES string of the molecule is BrCc1ccc(-c2cccc(-c3ccc(CBr)cc3)c2)cc1. The van der Waals surface area contributed by atoms with Gasteiger partial charge in [-0.1, -0.05) is 98.6 Å². The average molecular weight is 416 g/mol. The number of benzene rings is 3. The second-order valence-electron chi connectivity index (χ2n) is 5.24. The predicted molar refractivity (Wildman–Crippen MR) is 103 cm³/mol. The van der Waals surface area contributed by atoms with Crippen molar-refractivity contribution >= 4 is 31.9 Å². The van der Waals surface area contributed by atoms with Gasteiger partial charge < -0.3 is 0 Å². The maximum Gasteiger partial charge on any atom is 0.0283 e. The summed E-state index contributed by atoms with van der Waals surface area (Å²) in [4.78, 5) is 0. The van der Waals surface area contributed by atoms with Crippen molar-refractivity contribution in [2.45, 2.75) is 10.7 Å². The van der Waals surface area contributed by atoms with Crippen LogP contribution in [0.5, 0.6) is 0 Å². The third-order valence-electron chi connectivity index (χ3n) is 3.75. The van der Waals surface area contributed by atoms with Gasteiger partial charge in [-0.2, -0.15) is 0 Å². The molecule has 0 saturated carbocycles. The van der Waals surface area contributed by atoms with E-state index in [0.717, 1.165) is 10.7 Å². The Morgan fingerprint density at radius 2 is 0.909 bits per heavy atom. The average Bonchev–Trinajstić information content (AvgIpc) is 2.62. The third kappa shape index (κ3) is 3.50. The molecular formula is C20H16Br2. The van der Waals surface area contributed by atoms with E-state index in [1.54, 1.807) is 0 Å². The molecule has 0 aromatic heterocycles. The Morgan fingerprint density at radius 3 is 1.27 bits per heavy atom. The Balaban J connectivity index is 1.93. The number of hydrogen-bond acceptors (Lipinski definition) is 0. The Kier molecular flexibility index (Phi) is 5.12. The lowest BCUT2D eigenvalue weighted by molar-refractivity contribution is 1.43. The van der Waals surface area contributed by atoms with Crippen molar-refractivity contribution in [3.05, 3.63) is 83.9 Å². The van der Waals surface area contributed by atoms with Crippen molar-refractivity contribution in [1.82, 2.24) is 0 Å². The number of halogens is 2. The summed E-state index contributed by atoms with van der Waals surface area (Å²) < 4.78 is 0. The van der Waals surface area contributed by atoms with Crippen molar-refractivity contribution in [1.29, 1.82) is 0 Å². The highest BCUT2D eigenvalue weighted by molar-refractivity contribution is 9.08. The van der Waals surface area contributed by atoms with Crippen LogP contribution in [0.1, 0.15) is 11.1 Å². The summed E-state index contributed by atoms with van der Waals surface area (Å²) in [7, 11) is 0. The fraction of sp³-hybridized carbons (Fsp3) is 0.100. The van der Waals surface area contributed by atoms with Gasteiger partial charge in [0, 0.05) is 10.7 Å². The molecule has 0 saturated heterocycles. The van der Waals surface area contributed by atoms with Gasteiger partial charge in [0.05, 0.1) is 0 Å². The van der Waals surface area contributed by atoms with Crippen LogP contribution in [0.25, 0.3) is 22.3 Å². The highest BCUT2D eigenvalue weighted by Crippen LogP contribution is 2.27. The van der Waals surface area contributed by atoms with Crippen LogP contribution in [0.4, 0.5) is 0 Å². The van der Waals surface area contributed by atoms with Crippen LogP contribution in [-0.2, 0) is 10.7 Å². The van der Waals surface area contributed by atoms with Crippen molar-refractivity contribution < 1.29 is 0 Å². The quantitative estimate of drug-likeness (QED) is 0.410. The van der Waals surface area contributed by atoms with Crippen LogP contribution in [0.15, 0.2) is 72.8 Å². The van der Waals surface area contributed by atoms with E-state index >= 15 is 0 Å². The van der Waals surface area contributed by atoms with Crippen molar-refractivity contribution in [3.63, 3.8) is 0 Å². The molecule has 2 heteroatoms. The molecule has 0 unspecified atom stereocenters. The van der Waals surface area contributed by atoms with E-state index < -0.39 is 0 Å². The molecular weight excluding hydrogens is 400 g/mol. The second-order valence-corrected chi connectivity index (χ2v) is 6.36. The molecule has 0 atom stereocenters. The zero-order valence-electron chi connectivity index (χ0n) is 12.1. The first-order chi connectivity index (χ1) is 10.8. The molecule has 22 heavy (non-hydrogen) atoms. The Labute approximate surface area is 148 Å². The minimum Gasteiger partial charge on any atom is -0.0876 e. The molecule has 0 nitrogen and oxygen atoms in total. The first-order valence-corrected chi connectivity index (χ1v) is 9.45. The fourth-order valence-corrected chi connectivity index (χ4v) is 3.20. The number of alkyl halides is 2. The number of rotatable bonds is 4. The van der Waals surface area contributed by atoms with Crippen LogP contribution >= 0.6 is 31.9 Å². The second kappa shape index (κ2) is 7.26. The lowest BCUT2D eigenvalue weighted by Crippen LogP contribution is -1.83. The smallest absolute Gasteiger partial charge is 0.0283 e. The van der Waals surface area contributed by atoms with E-state index in [1.807, 2.05) is 0 Å². The van der Waals surface area contributed by atoms with Gasteiger partial charge in [-0.05, 0) is 39.4 Å². The molecule has 0 heterocycles. The largest absolute Gasteiger partial charge is 0.0876 e. The molecule has 0 aliphatic heterocycles. The maximum absolute atomic E-state index is 3.49. The first kappa shape index (κ1) is 15.5. The van der Waals surface area contributed by atoms with Gasteiger partial charge in [0.25, 0.3) is 0 Å². The van der Waals surface area contributed by atoms with Crippen LogP contribution < -0.4 is 0 Å². The predicted octanol–water partition coefficient (Wildman–Crippen LogP) is 6.81. The van der Waals surface area contributed by atoms with Crippen molar-refractivity contribution in [2.75, 3.05) is 0 Å². The molecule has 3 aromatic carbocycles. The maximum atomic E-state index is 3.49. The molecule has 0 spiro atoms. The summed E-state index contributed by atoms with van der Waals surface area (Å²) in [6, 6.07) is 26.1. The molecule has 0 fully saturated rings.